The summed E-state index contributed by atoms with van der Waals surface area (Å²) in [6.07, 6.45) is 7.45. The average molecular weight is 408 g/mol. The molecule has 1 aliphatic heterocycles. The van der Waals surface area contributed by atoms with Gasteiger partial charge in [0.1, 0.15) is 0 Å². The fraction of sp³-hybridized carbons (Fsp3) is 0.667. The summed E-state index contributed by atoms with van der Waals surface area (Å²) in [7, 11) is -1.44. The number of hydrogen-bond donors (Lipinski definition) is 0. The topological polar surface area (TPSA) is 60.9 Å². The molecule has 2 fully saturated rings. The van der Waals surface area contributed by atoms with Crippen LogP contribution >= 0.6 is 0 Å². The van der Waals surface area contributed by atoms with E-state index in [9.17, 15) is 13.2 Å². The van der Waals surface area contributed by atoms with Gasteiger partial charge in [-0.1, -0.05) is 43.4 Å². The first-order valence-corrected chi connectivity index (χ1v) is 11.9. The molecule has 1 saturated carbocycles. The SMILES string of the molecule is Cc1ccc(S(=O)(=O)N2CCN(C(=O)CN(C)C3CCCCCC3)CC2)cc1. The Kier molecular flexibility index (Phi) is 7.12. The Hall–Kier alpha value is -1.44. The molecule has 0 radical (unpaired) electrons. The third-order valence-corrected chi connectivity index (χ3v) is 8.00. The number of benzene rings is 1. The van der Waals surface area contributed by atoms with E-state index in [2.05, 4.69) is 4.90 Å². The first kappa shape index (κ1) is 21.3. The molecular formula is C21H33N3O3S. The third kappa shape index (κ3) is 5.13. The summed E-state index contributed by atoms with van der Waals surface area (Å²) in [5.41, 5.74) is 1.03. The number of piperazine rings is 1. The molecule has 1 saturated heterocycles. The van der Waals surface area contributed by atoms with Gasteiger partial charge < -0.3 is 4.90 Å². The Labute approximate surface area is 169 Å². The zero-order valence-corrected chi connectivity index (χ0v) is 18.0. The zero-order chi connectivity index (χ0) is 20.1. The molecule has 0 spiro atoms. The summed E-state index contributed by atoms with van der Waals surface area (Å²) < 4.78 is 27.1. The summed E-state index contributed by atoms with van der Waals surface area (Å²) in [4.78, 5) is 17.1. The van der Waals surface area contributed by atoms with E-state index in [0.29, 0.717) is 43.7 Å². The van der Waals surface area contributed by atoms with Crippen LogP contribution in [-0.4, -0.2) is 74.2 Å². The van der Waals surface area contributed by atoms with Crippen LogP contribution in [0.5, 0.6) is 0 Å². The number of carbonyl (C=O) groups excluding carboxylic acids is 1. The molecule has 6 nitrogen and oxygen atoms in total. The van der Waals surface area contributed by atoms with Crippen LogP contribution in [0.2, 0.25) is 0 Å². The fourth-order valence-electron chi connectivity index (χ4n) is 4.18. The minimum absolute atomic E-state index is 0.110. The van der Waals surface area contributed by atoms with Crippen molar-refractivity contribution in [1.82, 2.24) is 14.1 Å². The van der Waals surface area contributed by atoms with Crippen molar-refractivity contribution < 1.29 is 13.2 Å². The highest BCUT2D eigenvalue weighted by molar-refractivity contribution is 7.89. The number of likely N-dealkylation sites (N-methyl/N-ethyl adjacent to an activating group) is 1. The van der Waals surface area contributed by atoms with Crippen LogP contribution in [0, 0.1) is 6.92 Å². The molecule has 1 amide bonds. The lowest BCUT2D eigenvalue weighted by Gasteiger charge is -2.35. The van der Waals surface area contributed by atoms with Crippen LogP contribution in [0.1, 0.15) is 44.1 Å². The van der Waals surface area contributed by atoms with Crippen LogP contribution in [-0.2, 0) is 14.8 Å². The normalized spacial score (nSPS) is 20.3. The maximum atomic E-state index is 12.8. The zero-order valence-electron chi connectivity index (χ0n) is 17.1. The Morgan fingerprint density at radius 2 is 1.57 bits per heavy atom. The molecule has 1 heterocycles. The number of carbonyl (C=O) groups is 1. The van der Waals surface area contributed by atoms with Gasteiger partial charge in [-0.2, -0.15) is 4.31 Å². The molecular weight excluding hydrogens is 374 g/mol. The quantitative estimate of drug-likeness (QED) is 0.704. The Morgan fingerprint density at radius 1 is 1.00 bits per heavy atom. The molecule has 0 unspecified atom stereocenters. The largest absolute Gasteiger partial charge is 0.339 e. The lowest BCUT2D eigenvalue weighted by Crippen LogP contribution is -2.52. The molecule has 156 valence electrons. The van der Waals surface area contributed by atoms with Crippen molar-refractivity contribution in [3.8, 4) is 0 Å². The highest BCUT2D eigenvalue weighted by Crippen LogP contribution is 2.22. The molecule has 0 atom stereocenters. The van der Waals surface area contributed by atoms with Gasteiger partial charge in [0, 0.05) is 32.2 Å². The van der Waals surface area contributed by atoms with Crippen molar-refractivity contribution in [2.24, 2.45) is 0 Å². The van der Waals surface area contributed by atoms with E-state index >= 15 is 0 Å². The summed E-state index contributed by atoms with van der Waals surface area (Å²) in [6.45, 7) is 4.00. The van der Waals surface area contributed by atoms with Gasteiger partial charge in [-0.3, -0.25) is 9.69 Å². The summed E-state index contributed by atoms with van der Waals surface area (Å²) in [5, 5.41) is 0. The smallest absolute Gasteiger partial charge is 0.243 e. The van der Waals surface area contributed by atoms with Crippen molar-refractivity contribution in [3.05, 3.63) is 29.8 Å². The second kappa shape index (κ2) is 9.37. The van der Waals surface area contributed by atoms with Gasteiger partial charge >= 0.3 is 0 Å². The Bertz CT molecular complexity index is 748. The van der Waals surface area contributed by atoms with Crippen LogP contribution in [0.15, 0.2) is 29.2 Å². The van der Waals surface area contributed by atoms with Crippen LogP contribution < -0.4 is 0 Å². The number of aryl methyl sites for hydroxylation is 1. The molecule has 2 aliphatic rings. The maximum Gasteiger partial charge on any atom is 0.243 e. The predicted octanol–water partition coefficient (Wildman–Crippen LogP) is 2.48. The Balaban J connectivity index is 1.52. The van der Waals surface area contributed by atoms with E-state index in [4.69, 9.17) is 0 Å². The molecule has 1 aromatic rings. The van der Waals surface area contributed by atoms with Gasteiger partial charge in [0.2, 0.25) is 15.9 Å². The minimum atomic E-state index is -3.49. The molecule has 1 aliphatic carbocycles. The van der Waals surface area contributed by atoms with E-state index < -0.39 is 10.0 Å². The van der Waals surface area contributed by atoms with Crippen LogP contribution in [0.3, 0.4) is 0 Å². The van der Waals surface area contributed by atoms with Crippen molar-refractivity contribution in [2.75, 3.05) is 39.8 Å². The van der Waals surface area contributed by atoms with E-state index in [0.717, 1.165) is 5.56 Å². The highest BCUT2D eigenvalue weighted by atomic mass is 32.2. The number of hydrogen-bond acceptors (Lipinski definition) is 4. The monoisotopic (exact) mass is 407 g/mol. The first-order chi connectivity index (χ1) is 13.4. The van der Waals surface area contributed by atoms with Gasteiger partial charge in [0.25, 0.3) is 0 Å². The molecule has 3 rings (SSSR count). The fourth-order valence-corrected chi connectivity index (χ4v) is 5.60. The molecule has 0 N–H and O–H groups in total. The molecule has 0 aromatic heterocycles. The van der Waals surface area contributed by atoms with Gasteiger partial charge in [-0.05, 0) is 38.9 Å². The molecule has 28 heavy (non-hydrogen) atoms. The van der Waals surface area contributed by atoms with Crippen molar-refractivity contribution in [2.45, 2.75) is 56.4 Å². The minimum Gasteiger partial charge on any atom is -0.339 e. The van der Waals surface area contributed by atoms with Crippen LogP contribution in [0.25, 0.3) is 0 Å². The summed E-state index contributed by atoms with van der Waals surface area (Å²) >= 11 is 0. The van der Waals surface area contributed by atoms with E-state index in [-0.39, 0.29) is 5.91 Å². The summed E-state index contributed by atoms with van der Waals surface area (Å²) in [5.74, 6) is 0.110. The number of amides is 1. The second-order valence-corrected chi connectivity index (χ2v) is 10.1. The Morgan fingerprint density at radius 3 is 2.14 bits per heavy atom. The standard InChI is InChI=1S/C21H33N3O3S/c1-18-9-11-20(12-10-18)28(26,27)24-15-13-23(14-16-24)21(25)17-22(2)19-7-5-3-4-6-8-19/h9-12,19H,3-8,13-17H2,1-2H3. The van der Waals surface area contributed by atoms with E-state index in [1.54, 1.807) is 12.1 Å². The molecule has 1 aromatic carbocycles. The van der Waals surface area contributed by atoms with Crippen LogP contribution in [0.4, 0.5) is 0 Å². The molecule has 7 heteroatoms. The third-order valence-electron chi connectivity index (χ3n) is 6.08. The number of sulfonamides is 1. The summed E-state index contributed by atoms with van der Waals surface area (Å²) in [6, 6.07) is 7.44. The highest BCUT2D eigenvalue weighted by Gasteiger charge is 2.30. The van der Waals surface area contributed by atoms with E-state index in [1.807, 2.05) is 31.0 Å². The predicted molar refractivity (Wildman–Crippen MR) is 111 cm³/mol. The van der Waals surface area contributed by atoms with E-state index in [1.165, 1.54) is 42.8 Å². The second-order valence-electron chi connectivity index (χ2n) is 8.16. The van der Waals surface area contributed by atoms with Crippen molar-refractivity contribution in [1.29, 1.82) is 0 Å². The van der Waals surface area contributed by atoms with Gasteiger partial charge in [0.05, 0.1) is 11.4 Å². The number of rotatable bonds is 5. The van der Waals surface area contributed by atoms with Gasteiger partial charge in [0.15, 0.2) is 0 Å². The molecule has 0 bridgehead atoms. The average Bonchev–Trinajstić information content (AvgIpc) is 2.98. The lowest BCUT2D eigenvalue weighted by atomic mass is 10.1. The van der Waals surface area contributed by atoms with Gasteiger partial charge in [-0.25, -0.2) is 8.42 Å². The van der Waals surface area contributed by atoms with Gasteiger partial charge in [-0.15, -0.1) is 0 Å². The van der Waals surface area contributed by atoms with Crippen molar-refractivity contribution >= 4 is 15.9 Å². The first-order valence-electron chi connectivity index (χ1n) is 10.4. The lowest BCUT2D eigenvalue weighted by molar-refractivity contribution is -0.133. The maximum absolute atomic E-state index is 12.8. The van der Waals surface area contributed by atoms with Crippen molar-refractivity contribution in [3.63, 3.8) is 0 Å². The number of nitrogens with zero attached hydrogens (tertiary/aromatic N) is 3.